The molecule has 1 saturated heterocycles. The number of nitrogens with two attached hydrogens (primary N) is 1. The number of ether oxygens (including phenoxy) is 1. The van der Waals surface area contributed by atoms with Crippen LogP contribution in [0.25, 0.3) is 22.2 Å². The molecule has 3 heterocycles. The fourth-order valence-corrected chi connectivity index (χ4v) is 5.00. The van der Waals surface area contributed by atoms with Gasteiger partial charge in [-0.05, 0) is 38.4 Å². The highest BCUT2D eigenvalue weighted by Crippen LogP contribution is 2.45. The van der Waals surface area contributed by atoms with Crippen LogP contribution in [0.4, 0.5) is 52.6 Å². The lowest BCUT2D eigenvalue weighted by Crippen LogP contribution is -2.34. The van der Waals surface area contributed by atoms with Crippen LogP contribution < -0.4 is 26.0 Å². The molecule has 1 aromatic carbocycles. The van der Waals surface area contributed by atoms with Crippen LogP contribution in [-0.4, -0.2) is 71.5 Å². The van der Waals surface area contributed by atoms with Gasteiger partial charge >= 0.3 is 18.3 Å². The van der Waals surface area contributed by atoms with Crippen molar-refractivity contribution in [2.45, 2.75) is 59.0 Å². The van der Waals surface area contributed by atoms with Crippen LogP contribution in [0.1, 0.15) is 44.7 Å². The van der Waals surface area contributed by atoms with Gasteiger partial charge in [-0.25, -0.2) is 18.7 Å². The highest BCUT2D eigenvalue weighted by Gasteiger charge is 2.43. The number of pyridine rings is 1. The molecule has 260 valence electrons. The van der Waals surface area contributed by atoms with Gasteiger partial charge in [0.2, 0.25) is 11.8 Å². The number of hydrogen-bond donors (Lipinski definition) is 4. The van der Waals surface area contributed by atoms with Crippen LogP contribution in [0, 0.1) is 24.5 Å². The number of hydrogen-bond acceptors (Lipinski definition) is 9. The number of anilines is 3. The second-order valence-electron chi connectivity index (χ2n) is 10.4. The van der Waals surface area contributed by atoms with Gasteiger partial charge in [-0.3, -0.25) is 4.79 Å². The minimum atomic E-state index is -5.27. The SMILES string of the molecule is CC.CCC(Oc1nc(-c2cc(N)c(F)c(C)c2C(F)(F)F)c(F)c2nc(N3CCC(C(=O)O)C3)nc(NCCNC)c12)C(F)(F)F. The van der Waals surface area contributed by atoms with Crippen LogP contribution >= 0.6 is 0 Å². The van der Waals surface area contributed by atoms with E-state index in [2.05, 4.69) is 25.6 Å². The molecule has 47 heavy (non-hydrogen) atoms. The summed E-state index contributed by atoms with van der Waals surface area (Å²) in [6.07, 6.45) is -13.2. The summed E-state index contributed by atoms with van der Waals surface area (Å²) in [5.74, 6) is -6.33. The summed E-state index contributed by atoms with van der Waals surface area (Å²) in [6, 6.07) is 0.485. The van der Waals surface area contributed by atoms with E-state index >= 15 is 4.39 Å². The Kier molecular flexibility index (Phi) is 11.6. The Hall–Kier alpha value is -4.22. The first-order valence-corrected chi connectivity index (χ1v) is 14.7. The fourth-order valence-electron chi connectivity index (χ4n) is 5.00. The van der Waals surface area contributed by atoms with Crippen molar-refractivity contribution in [3.8, 4) is 17.1 Å². The monoisotopic (exact) mass is 681 g/mol. The minimum Gasteiger partial charge on any atom is -0.481 e. The van der Waals surface area contributed by atoms with Gasteiger partial charge in [0, 0.05) is 31.7 Å². The second-order valence-corrected chi connectivity index (χ2v) is 10.4. The summed E-state index contributed by atoms with van der Waals surface area (Å²) in [5.41, 5.74) is -0.807. The number of nitrogen functional groups attached to an aromatic ring is 1. The standard InChI is InChI=1S/C27H29F8N7O3.C2H6/c1-4-15(26(30,31)32)45-23-16-21(19(29)20(39-23)13-9-14(36)18(28)11(2)17(13)27(33,34)35)40-25(41-22(16)38-7-6-37-3)42-8-5-12(10-42)24(43)44;1-2/h9,12,15,37H,4-8,10,36H2,1-3H3,(H,43,44)(H,38,40,41);1-2H3. The van der Waals surface area contributed by atoms with Crippen molar-refractivity contribution in [2.75, 3.05) is 49.2 Å². The Bertz CT molecular complexity index is 1600. The van der Waals surface area contributed by atoms with Crippen LogP contribution in [0.5, 0.6) is 5.88 Å². The number of nitrogens with zero attached hydrogens (tertiary/aromatic N) is 4. The number of benzene rings is 1. The van der Waals surface area contributed by atoms with E-state index in [0.717, 1.165) is 13.8 Å². The smallest absolute Gasteiger partial charge is 0.425 e. The average Bonchev–Trinajstić information content (AvgIpc) is 3.50. The Labute approximate surface area is 264 Å². The Morgan fingerprint density at radius 3 is 2.32 bits per heavy atom. The quantitative estimate of drug-likeness (QED) is 0.112. The maximum atomic E-state index is 16.5. The number of halogens is 8. The van der Waals surface area contributed by atoms with E-state index in [-0.39, 0.29) is 37.8 Å². The van der Waals surface area contributed by atoms with Crippen molar-refractivity contribution in [2.24, 2.45) is 5.92 Å². The number of carboxylic acids is 1. The number of aliphatic carboxylic acids is 1. The summed E-state index contributed by atoms with van der Waals surface area (Å²) < 4.78 is 121. The molecule has 5 N–H and O–H groups in total. The molecule has 0 aliphatic carbocycles. The van der Waals surface area contributed by atoms with Crippen molar-refractivity contribution in [1.82, 2.24) is 20.3 Å². The molecule has 0 bridgehead atoms. The van der Waals surface area contributed by atoms with Gasteiger partial charge in [0.05, 0.1) is 17.2 Å². The summed E-state index contributed by atoms with van der Waals surface area (Å²) in [6.45, 7) is 6.30. The predicted molar refractivity (Wildman–Crippen MR) is 159 cm³/mol. The highest BCUT2D eigenvalue weighted by molar-refractivity contribution is 5.97. The van der Waals surface area contributed by atoms with Crippen LogP contribution in [0.2, 0.25) is 0 Å². The molecule has 0 amide bonds. The van der Waals surface area contributed by atoms with Crippen molar-refractivity contribution in [1.29, 1.82) is 0 Å². The van der Waals surface area contributed by atoms with Gasteiger partial charge < -0.3 is 31.1 Å². The molecular formula is C29H35F8N7O3. The predicted octanol–water partition coefficient (Wildman–Crippen LogP) is 6.17. The second kappa shape index (κ2) is 14.7. The summed E-state index contributed by atoms with van der Waals surface area (Å²) in [5, 5.41) is 14.6. The normalized spacial score (nSPS) is 15.8. The molecule has 0 spiro atoms. The van der Waals surface area contributed by atoms with Gasteiger partial charge in [-0.1, -0.05) is 20.8 Å². The molecule has 10 nitrogen and oxygen atoms in total. The first-order valence-electron chi connectivity index (χ1n) is 14.7. The number of rotatable bonds is 10. The zero-order chi connectivity index (χ0) is 35.4. The maximum Gasteiger partial charge on any atom is 0.425 e. The number of carboxylic acid groups (broad SMARTS) is 1. The van der Waals surface area contributed by atoms with E-state index in [1.807, 2.05) is 13.8 Å². The van der Waals surface area contributed by atoms with Gasteiger partial charge in [0.1, 0.15) is 28.2 Å². The molecule has 18 heteroatoms. The third kappa shape index (κ3) is 7.85. The van der Waals surface area contributed by atoms with Gasteiger partial charge in [0.15, 0.2) is 11.9 Å². The topological polar surface area (TPSA) is 139 Å². The van der Waals surface area contributed by atoms with Crippen molar-refractivity contribution >= 4 is 34.3 Å². The number of fused-ring (bicyclic) bond motifs is 1. The highest BCUT2D eigenvalue weighted by atomic mass is 19.4. The van der Waals surface area contributed by atoms with Crippen molar-refractivity contribution < 1.29 is 49.8 Å². The molecule has 2 unspecified atom stereocenters. The van der Waals surface area contributed by atoms with E-state index in [9.17, 15) is 40.6 Å². The first-order chi connectivity index (χ1) is 22.0. The van der Waals surface area contributed by atoms with Crippen LogP contribution in [0.3, 0.4) is 0 Å². The summed E-state index contributed by atoms with van der Waals surface area (Å²) in [7, 11) is 1.60. The Morgan fingerprint density at radius 1 is 1.13 bits per heavy atom. The molecule has 1 aliphatic rings. The Balaban J connectivity index is 0.00000294. The fraction of sp³-hybridized carbons (Fsp3) is 0.517. The van der Waals surface area contributed by atoms with Crippen LogP contribution in [-0.2, 0) is 11.0 Å². The van der Waals surface area contributed by atoms with E-state index in [0.29, 0.717) is 12.6 Å². The third-order valence-electron chi connectivity index (χ3n) is 7.28. The van der Waals surface area contributed by atoms with E-state index in [1.54, 1.807) is 7.05 Å². The molecule has 2 aromatic heterocycles. The number of carbonyl (C=O) groups is 1. The van der Waals surface area contributed by atoms with Crippen molar-refractivity contribution in [3.63, 3.8) is 0 Å². The van der Waals surface area contributed by atoms with Gasteiger partial charge in [0.25, 0.3) is 0 Å². The van der Waals surface area contributed by atoms with Gasteiger partial charge in [-0.15, -0.1) is 0 Å². The number of nitrogens with one attached hydrogen (secondary N) is 2. The molecule has 3 aromatic rings. The summed E-state index contributed by atoms with van der Waals surface area (Å²) in [4.78, 5) is 25.2. The average molecular weight is 682 g/mol. The molecule has 0 saturated carbocycles. The molecule has 2 atom stereocenters. The summed E-state index contributed by atoms with van der Waals surface area (Å²) >= 11 is 0. The first kappa shape index (κ1) is 37.2. The lowest BCUT2D eigenvalue weighted by atomic mass is 9.96. The van der Waals surface area contributed by atoms with Crippen LogP contribution in [0.15, 0.2) is 6.07 Å². The molecular weight excluding hydrogens is 646 g/mol. The van der Waals surface area contributed by atoms with E-state index in [4.69, 9.17) is 10.5 Å². The zero-order valence-corrected chi connectivity index (χ0v) is 26.1. The molecule has 1 aliphatic heterocycles. The molecule has 1 fully saturated rings. The maximum absolute atomic E-state index is 16.5. The van der Waals surface area contributed by atoms with Crippen molar-refractivity contribution in [3.05, 3.63) is 28.8 Å². The Morgan fingerprint density at radius 2 is 1.79 bits per heavy atom. The van der Waals surface area contributed by atoms with E-state index in [1.165, 1.54) is 4.90 Å². The lowest BCUT2D eigenvalue weighted by molar-refractivity contribution is -0.196. The lowest BCUT2D eigenvalue weighted by Gasteiger charge is -2.24. The number of alkyl halides is 6. The van der Waals surface area contributed by atoms with E-state index < -0.39 is 93.3 Å². The molecule has 0 radical (unpaired) electrons. The molecule has 4 rings (SSSR count). The number of aromatic nitrogens is 3. The third-order valence-corrected chi connectivity index (χ3v) is 7.28. The van der Waals surface area contributed by atoms with Gasteiger partial charge in [-0.2, -0.15) is 31.3 Å². The number of likely N-dealkylation sites (N-methyl/N-ethyl adjacent to an activating group) is 1. The zero-order valence-electron chi connectivity index (χ0n) is 26.1. The minimum absolute atomic E-state index is 0.0883. The largest absolute Gasteiger partial charge is 0.481 e.